The van der Waals surface area contributed by atoms with Crippen molar-refractivity contribution in [2.24, 2.45) is 5.73 Å². The van der Waals surface area contributed by atoms with Crippen LogP contribution in [0.15, 0.2) is 11.7 Å². The molecule has 17 heavy (non-hydrogen) atoms. The predicted octanol–water partition coefficient (Wildman–Crippen LogP) is -0.141. The second kappa shape index (κ2) is 4.42. The quantitative estimate of drug-likeness (QED) is 0.797. The lowest BCUT2D eigenvalue weighted by molar-refractivity contribution is -0.150. The van der Waals surface area contributed by atoms with E-state index in [9.17, 15) is 9.59 Å². The van der Waals surface area contributed by atoms with Crippen LogP contribution in [0.5, 0.6) is 0 Å². The molecular formula is C10H13N3O3S. The zero-order valence-corrected chi connectivity index (χ0v) is 10.2. The molecule has 7 heteroatoms. The number of ether oxygens (including phenoxy) is 1. The van der Waals surface area contributed by atoms with E-state index in [1.165, 1.54) is 17.5 Å². The number of rotatable bonds is 2. The van der Waals surface area contributed by atoms with Crippen molar-refractivity contribution in [2.45, 2.75) is 12.5 Å². The van der Waals surface area contributed by atoms with Crippen molar-refractivity contribution >= 4 is 23.2 Å². The highest BCUT2D eigenvalue weighted by molar-refractivity contribution is 7.11. The maximum Gasteiger partial charge on any atom is 0.265 e. The summed E-state index contributed by atoms with van der Waals surface area (Å²) < 4.78 is 5.34. The first kappa shape index (κ1) is 12.0. The van der Waals surface area contributed by atoms with Gasteiger partial charge in [0.25, 0.3) is 11.8 Å². The van der Waals surface area contributed by atoms with Crippen molar-refractivity contribution in [1.82, 2.24) is 9.88 Å². The van der Waals surface area contributed by atoms with Crippen molar-refractivity contribution in [2.75, 3.05) is 19.7 Å². The molecule has 1 aromatic rings. The monoisotopic (exact) mass is 255 g/mol. The number of nitrogens with zero attached hydrogens (tertiary/aromatic N) is 2. The molecule has 0 aromatic carbocycles. The lowest BCUT2D eigenvalue weighted by atomic mass is 10.0. The van der Waals surface area contributed by atoms with Crippen LogP contribution in [-0.2, 0) is 9.53 Å². The van der Waals surface area contributed by atoms with Crippen LogP contribution in [0.2, 0.25) is 0 Å². The molecule has 1 saturated heterocycles. The maximum absolute atomic E-state index is 12.1. The number of amides is 2. The van der Waals surface area contributed by atoms with E-state index in [0.717, 1.165) is 0 Å². The number of hydrogen-bond acceptors (Lipinski definition) is 5. The summed E-state index contributed by atoms with van der Waals surface area (Å²) in [4.78, 5) is 29.3. The first-order valence-corrected chi connectivity index (χ1v) is 6.02. The predicted molar refractivity (Wildman–Crippen MR) is 61.6 cm³/mol. The number of aromatic nitrogens is 1. The number of primary amides is 1. The number of morpholine rings is 1. The highest BCUT2D eigenvalue weighted by Gasteiger charge is 2.39. The molecular weight excluding hydrogens is 242 g/mol. The van der Waals surface area contributed by atoms with E-state index in [0.29, 0.717) is 18.0 Å². The highest BCUT2D eigenvalue weighted by Crippen LogP contribution is 2.20. The minimum Gasteiger partial charge on any atom is -0.367 e. The summed E-state index contributed by atoms with van der Waals surface area (Å²) >= 11 is 1.27. The maximum atomic E-state index is 12.1. The Labute approximate surface area is 102 Å². The van der Waals surface area contributed by atoms with Gasteiger partial charge < -0.3 is 15.4 Å². The Morgan fingerprint density at radius 1 is 1.65 bits per heavy atom. The second-order valence-corrected chi connectivity index (χ2v) is 4.92. The molecule has 0 aliphatic carbocycles. The molecule has 1 aromatic heterocycles. The third kappa shape index (κ3) is 2.29. The van der Waals surface area contributed by atoms with Crippen LogP contribution in [0.25, 0.3) is 0 Å². The molecule has 0 radical (unpaired) electrons. The molecule has 92 valence electrons. The SMILES string of the molecule is C[C@]1(C(N)=O)CN(C(=O)c2cncs2)CCO1. The molecule has 1 aliphatic heterocycles. The molecule has 6 nitrogen and oxygen atoms in total. The highest BCUT2D eigenvalue weighted by atomic mass is 32.1. The lowest BCUT2D eigenvalue weighted by Crippen LogP contribution is -2.58. The van der Waals surface area contributed by atoms with Crippen molar-refractivity contribution in [1.29, 1.82) is 0 Å². The van der Waals surface area contributed by atoms with Crippen LogP contribution in [0.3, 0.4) is 0 Å². The first-order valence-electron chi connectivity index (χ1n) is 5.14. The van der Waals surface area contributed by atoms with Crippen molar-refractivity contribution in [3.8, 4) is 0 Å². The van der Waals surface area contributed by atoms with Crippen molar-refractivity contribution in [3.63, 3.8) is 0 Å². The van der Waals surface area contributed by atoms with E-state index < -0.39 is 11.5 Å². The second-order valence-electron chi connectivity index (χ2n) is 4.04. The number of thiazole rings is 1. The Morgan fingerprint density at radius 3 is 3.00 bits per heavy atom. The lowest BCUT2D eigenvalue weighted by Gasteiger charge is -2.38. The fraction of sp³-hybridized carbons (Fsp3) is 0.500. The normalized spacial score (nSPS) is 24.6. The summed E-state index contributed by atoms with van der Waals surface area (Å²) in [6.45, 7) is 2.55. The molecule has 2 rings (SSSR count). The molecule has 0 unspecified atom stereocenters. The number of carbonyl (C=O) groups excluding carboxylic acids is 2. The Morgan fingerprint density at radius 2 is 2.41 bits per heavy atom. The fourth-order valence-corrected chi connectivity index (χ4v) is 2.26. The first-order chi connectivity index (χ1) is 8.03. The topological polar surface area (TPSA) is 85.5 Å². The van der Waals surface area contributed by atoms with Crippen molar-refractivity contribution < 1.29 is 14.3 Å². The van der Waals surface area contributed by atoms with Gasteiger partial charge in [0.2, 0.25) is 0 Å². The average Bonchev–Trinajstić information content (AvgIpc) is 2.81. The Kier molecular flexibility index (Phi) is 3.12. The Bertz CT molecular complexity index is 434. The molecule has 2 heterocycles. The molecule has 1 atom stereocenters. The van der Waals surface area contributed by atoms with Crippen LogP contribution in [-0.4, -0.2) is 47.0 Å². The largest absolute Gasteiger partial charge is 0.367 e. The van der Waals surface area contributed by atoms with Gasteiger partial charge in [-0.05, 0) is 6.92 Å². The van der Waals surface area contributed by atoms with E-state index in [1.54, 1.807) is 17.3 Å². The summed E-state index contributed by atoms with van der Waals surface area (Å²) in [6, 6.07) is 0. The van der Waals surface area contributed by atoms with Gasteiger partial charge in [0, 0.05) is 6.54 Å². The zero-order valence-electron chi connectivity index (χ0n) is 9.38. The number of carbonyl (C=O) groups is 2. The van der Waals surface area contributed by atoms with Gasteiger partial charge in [-0.15, -0.1) is 11.3 Å². The minimum atomic E-state index is -1.10. The smallest absolute Gasteiger partial charge is 0.265 e. The van der Waals surface area contributed by atoms with Gasteiger partial charge in [-0.2, -0.15) is 0 Å². The minimum absolute atomic E-state index is 0.136. The summed E-state index contributed by atoms with van der Waals surface area (Å²) in [5.41, 5.74) is 5.77. The van der Waals surface area contributed by atoms with Gasteiger partial charge >= 0.3 is 0 Å². The van der Waals surface area contributed by atoms with Gasteiger partial charge in [-0.1, -0.05) is 0 Å². The Balaban J connectivity index is 2.13. The molecule has 1 fully saturated rings. The number of nitrogens with two attached hydrogens (primary N) is 1. The van der Waals surface area contributed by atoms with Crippen LogP contribution >= 0.6 is 11.3 Å². The molecule has 0 spiro atoms. The van der Waals surface area contributed by atoms with Crippen LogP contribution in [0, 0.1) is 0 Å². The van der Waals surface area contributed by atoms with Crippen molar-refractivity contribution in [3.05, 3.63) is 16.6 Å². The van der Waals surface area contributed by atoms with E-state index >= 15 is 0 Å². The molecule has 0 bridgehead atoms. The zero-order chi connectivity index (χ0) is 12.5. The van der Waals surface area contributed by atoms with Crippen LogP contribution < -0.4 is 5.73 Å². The van der Waals surface area contributed by atoms with Crippen LogP contribution in [0.4, 0.5) is 0 Å². The standard InChI is InChI=1S/C10H13N3O3S/c1-10(9(11)15)5-13(2-3-16-10)8(14)7-4-12-6-17-7/h4,6H,2-3,5H2,1H3,(H2,11,15)/t10-/m1/s1. The summed E-state index contributed by atoms with van der Waals surface area (Å²) in [7, 11) is 0. The van der Waals surface area contributed by atoms with Crippen LogP contribution in [0.1, 0.15) is 16.6 Å². The third-order valence-corrected chi connectivity index (χ3v) is 3.49. The van der Waals surface area contributed by atoms with Gasteiger partial charge in [0.15, 0.2) is 5.60 Å². The van der Waals surface area contributed by atoms with Gasteiger partial charge in [-0.25, -0.2) is 0 Å². The van der Waals surface area contributed by atoms with E-state index in [1.807, 2.05) is 0 Å². The number of hydrogen-bond donors (Lipinski definition) is 1. The Hall–Kier alpha value is -1.47. The average molecular weight is 255 g/mol. The fourth-order valence-electron chi connectivity index (χ4n) is 1.67. The van der Waals surface area contributed by atoms with Gasteiger partial charge in [0.1, 0.15) is 4.88 Å². The third-order valence-electron chi connectivity index (χ3n) is 2.73. The van der Waals surface area contributed by atoms with E-state index in [4.69, 9.17) is 10.5 Å². The van der Waals surface area contributed by atoms with Gasteiger partial charge in [0.05, 0.1) is 24.9 Å². The summed E-state index contributed by atoms with van der Waals surface area (Å²) in [5.74, 6) is -0.692. The molecule has 2 amide bonds. The summed E-state index contributed by atoms with van der Waals surface area (Å²) in [6.07, 6.45) is 1.52. The molecule has 1 aliphatic rings. The van der Waals surface area contributed by atoms with Gasteiger partial charge in [-0.3, -0.25) is 14.6 Å². The van der Waals surface area contributed by atoms with E-state index in [2.05, 4.69) is 4.98 Å². The summed E-state index contributed by atoms with van der Waals surface area (Å²) in [5, 5.41) is 0. The molecule has 0 saturated carbocycles. The van der Waals surface area contributed by atoms with E-state index in [-0.39, 0.29) is 12.5 Å². The molecule has 2 N–H and O–H groups in total.